The minimum absolute atomic E-state index is 0.227. The first-order chi connectivity index (χ1) is 5.41. The van der Waals surface area contributed by atoms with Gasteiger partial charge < -0.3 is 0 Å². The first kappa shape index (κ1) is 11.8. The van der Waals surface area contributed by atoms with Gasteiger partial charge in [0.2, 0.25) is 0 Å². The molecular formula is C9H19NOS. The molecular weight excluding hydrogens is 170 g/mol. The summed E-state index contributed by atoms with van der Waals surface area (Å²) in [6.45, 7) is 9.91. The Balaban J connectivity index is 4.42. The molecule has 0 aromatic heterocycles. The summed E-state index contributed by atoms with van der Waals surface area (Å²) < 4.78 is 15.5. The van der Waals surface area contributed by atoms with E-state index in [1.54, 1.807) is 0 Å². The molecule has 0 bridgehead atoms. The fourth-order valence-electron chi connectivity index (χ4n) is 0.633. The monoisotopic (exact) mass is 189 g/mol. The fourth-order valence-corrected chi connectivity index (χ4v) is 1.40. The molecule has 0 fully saturated rings. The highest BCUT2D eigenvalue weighted by molar-refractivity contribution is 7.85. The van der Waals surface area contributed by atoms with Gasteiger partial charge in [0, 0.05) is 5.71 Å². The van der Waals surface area contributed by atoms with Gasteiger partial charge in [0.25, 0.3) is 0 Å². The van der Waals surface area contributed by atoms with E-state index in [1.165, 1.54) is 0 Å². The fraction of sp³-hybridized carbons (Fsp3) is 0.889. The van der Waals surface area contributed by atoms with Crippen molar-refractivity contribution >= 4 is 16.7 Å². The van der Waals surface area contributed by atoms with Crippen molar-refractivity contribution in [1.82, 2.24) is 0 Å². The molecule has 0 heterocycles. The van der Waals surface area contributed by atoms with Gasteiger partial charge in [-0.15, -0.1) is 0 Å². The van der Waals surface area contributed by atoms with E-state index in [0.29, 0.717) is 0 Å². The molecule has 0 radical (unpaired) electrons. The van der Waals surface area contributed by atoms with Crippen molar-refractivity contribution < 1.29 is 4.21 Å². The molecule has 12 heavy (non-hydrogen) atoms. The van der Waals surface area contributed by atoms with E-state index in [9.17, 15) is 4.21 Å². The lowest BCUT2D eigenvalue weighted by atomic mass is 10.2. The highest BCUT2D eigenvalue weighted by Gasteiger charge is 2.18. The van der Waals surface area contributed by atoms with Gasteiger partial charge in [0.1, 0.15) is 11.0 Å². The summed E-state index contributed by atoms with van der Waals surface area (Å²) in [6, 6.07) is 0. The normalized spacial score (nSPS) is 14.1. The smallest absolute Gasteiger partial charge is 0.144 e. The molecule has 2 nitrogen and oxygen atoms in total. The van der Waals surface area contributed by atoms with Crippen molar-refractivity contribution in [1.29, 1.82) is 0 Å². The van der Waals surface area contributed by atoms with Crippen molar-refractivity contribution in [2.24, 2.45) is 4.40 Å². The Labute approximate surface area is 78.1 Å². The Morgan fingerprint density at radius 1 is 1.25 bits per heavy atom. The quantitative estimate of drug-likeness (QED) is 0.628. The van der Waals surface area contributed by atoms with Crippen LogP contribution < -0.4 is 0 Å². The summed E-state index contributed by atoms with van der Waals surface area (Å²) in [4.78, 5) is 0. The van der Waals surface area contributed by atoms with Gasteiger partial charge in [0.05, 0.1) is 4.75 Å². The van der Waals surface area contributed by atoms with Crippen LogP contribution in [0.5, 0.6) is 0 Å². The molecule has 3 heteroatoms. The summed E-state index contributed by atoms with van der Waals surface area (Å²) >= 11 is 0. The summed E-state index contributed by atoms with van der Waals surface area (Å²) in [5.41, 5.74) is 1.04. The summed E-state index contributed by atoms with van der Waals surface area (Å²) in [6.07, 6.45) is 1.80. The van der Waals surface area contributed by atoms with Gasteiger partial charge in [-0.2, -0.15) is 4.40 Å². The van der Waals surface area contributed by atoms with Gasteiger partial charge in [-0.3, -0.25) is 0 Å². The Morgan fingerprint density at radius 2 is 1.67 bits per heavy atom. The van der Waals surface area contributed by atoms with Gasteiger partial charge in [-0.05, 0) is 33.6 Å². The summed E-state index contributed by atoms with van der Waals surface area (Å²) in [5.74, 6) is 0. The second kappa shape index (κ2) is 4.75. The maximum Gasteiger partial charge on any atom is 0.144 e. The van der Waals surface area contributed by atoms with E-state index >= 15 is 0 Å². The molecule has 0 N–H and O–H groups in total. The largest absolute Gasteiger partial charge is 0.234 e. The summed E-state index contributed by atoms with van der Waals surface area (Å²) in [5, 5.41) is 0. The highest BCUT2D eigenvalue weighted by atomic mass is 32.2. The lowest BCUT2D eigenvalue weighted by Gasteiger charge is -2.14. The maximum absolute atomic E-state index is 11.5. The average molecular weight is 189 g/mol. The average Bonchev–Trinajstić information content (AvgIpc) is 1.97. The van der Waals surface area contributed by atoms with Crippen molar-refractivity contribution in [3.8, 4) is 0 Å². The maximum atomic E-state index is 11.5. The van der Waals surface area contributed by atoms with E-state index in [2.05, 4.69) is 4.40 Å². The molecule has 0 saturated carbocycles. The Kier molecular flexibility index (Phi) is 4.68. The topological polar surface area (TPSA) is 29.4 Å². The van der Waals surface area contributed by atoms with Crippen LogP contribution in [0.3, 0.4) is 0 Å². The number of hydrogen-bond acceptors (Lipinski definition) is 1. The van der Waals surface area contributed by atoms with Gasteiger partial charge >= 0.3 is 0 Å². The van der Waals surface area contributed by atoms with Crippen LogP contribution in [0.25, 0.3) is 0 Å². The second-order valence-corrected chi connectivity index (χ2v) is 5.63. The minimum atomic E-state index is -1.08. The van der Waals surface area contributed by atoms with Gasteiger partial charge in [0.15, 0.2) is 0 Å². The molecule has 0 spiro atoms. The van der Waals surface area contributed by atoms with Crippen LogP contribution in [0.2, 0.25) is 0 Å². The third-order valence-corrected chi connectivity index (χ3v) is 3.02. The van der Waals surface area contributed by atoms with Crippen LogP contribution in [0.1, 0.15) is 47.5 Å². The van der Waals surface area contributed by atoms with Crippen LogP contribution in [-0.4, -0.2) is 14.7 Å². The SMILES string of the molecule is CCC(CC)=N[S@@](=O)C(C)(C)C. The Hall–Kier alpha value is -0.180. The van der Waals surface area contributed by atoms with Crippen molar-refractivity contribution in [3.63, 3.8) is 0 Å². The molecule has 0 aliphatic carbocycles. The predicted molar refractivity (Wildman–Crippen MR) is 55.9 cm³/mol. The number of nitrogens with zero attached hydrogens (tertiary/aromatic N) is 1. The lowest BCUT2D eigenvalue weighted by molar-refractivity contribution is 0.650. The molecule has 0 aliphatic rings. The molecule has 0 aromatic carbocycles. The van der Waals surface area contributed by atoms with Crippen LogP contribution >= 0.6 is 0 Å². The molecule has 72 valence electrons. The van der Waals surface area contributed by atoms with E-state index in [4.69, 9.17) is 0 Å². The second-order valence-electron chi connectivity index (χ2n) is 3.73. The predicted octanol–water partition coefficient (Wildman–Crippen LogP) is 2.71. The van der Waals surface area contributed by atoms with Crippen molar-refractivity contribution in [2.45, 2.75) is 52.2 Å². The number of hydrogen-bond donors (Lipinski definition) is 0. The van der Waals surface area contributed by atoms with Crippen molar-refractivity contribution in [2.75, 3.05) is 0 Å². The first-order valence-corrected chi connectivity index (χ1v) is 5.51. The van der Waals surface area contributed by atoms with E-state index in [1.807, 2.05) is 34.6 Å². The molecule has 0 rings (SSSR count). The highest BCUT2D eigenvalue weighted by Crippen LogP contribution is 2.13. The molecule has 0 amide bonds. The van der Waals surface area contributed by atoms with Crippen LogP contribution in [0.15, 0.2) is 4.40 Å². The molecule has 0 unspecified atom stereocenters. The third-order valence-electron chi connectivity index (χ3n) is 1.55. The standard InChI is InChI=1S/C9H19NOS/c1-6-8(7-2)10-12(11)9(3,4)5/h6-7H2,1-5H3/t12-/m0/s1. The Morgan fingerprint density at radius 3 is 1.92 bits per heavy atom. The minimum Gasteiger partial charge on any atom is -0.234 e. The molecule has 0 saturated heterocycles. The van der Waals surface area contributed by atoms with E-state index < -0.39 is 11.0 Å². The molecule has 0 aliphatic heterocycles. The lowest BCUT2D eigenvalue weighted by Crippen LogP contribution is -2.20. The van der Waals surface area contributed by atoms with Gasteiger partial charge in [-0.1, -0.05) is 13.8 Å². The zero-order valence-electron chi connectivity index (χ0n) is 8.68. The summed E-state index contributed by atoms with van der Waals surface area (Å²) in [7, 11) is -1.08. The molecule has 1 atom stereocenters. The zero-order valence-corrected chi connectivity index (χ0v) is 9.49. The van der Waals surface area contributed by atoms with Crippen LogP contribution in [-0.2, 0) is 11.0 Å². The number of rotatable bonds is 3. The third kappa shape index (κ3) is 4.00. The molecule has 0 aromatic rings. The first-order valence-electron chi connectivity index (χ1n) is 4.40. The van der Waals surface area contributed by atoms with Gasteiger partial charge in [-0.25, -0.2) is 4.21 Å². The van der Waals surface area contributed by atoms with Crippen molar-refractivity contribution in [3.05, 3.63) is 0 Å². The zero-order chi connectivity index (χ0) is 9.78. The van der Waals surface area contributed by atoms with E-state index in [-0.39, 0.29) is 4.75 Å². The van der Waals surface area contributed by atoms with Crippen LogP contribution in [0.4, 0.5) is 0 Å². The van der Waals surface area contributed by atoms with E-state index in [0.717, 1.165) is 18.6 Å². The van der Waals surface area contributed by atoms with Crippen LogP contribution in [0, 0.1) is 0 Å². The Bertz CT molecular complexity index is 185.